The number of benzene rings is 4. The molecule has 16 nitrogen and oxygen atoms in total. The topological polar surface area (TPSA) is 263 Å². The van der Waals surface area contributed by atoms with Crippen LogP contribution in [0, 0.1) is 20.8 Å². The van der Waals surface area contributed by atoms with Gasteiger partial charge in [0.05, 0.1) is 47.7 Å². The van der Waals surface area contributed by atoms with Gasteiger partial charge in [0.2, 0.25) is 0 Å². The number of rotatable bonds is 17. The maximum atomic E-state index is 12.0. The van der Waals surface area contributed by atoms with E-state index < -0.39 is 30.4 Å². The van der Waals surface area contributed by atoms with Gasteiger partial charge in [-0.2, -0.15) is 25.3 Å². The lowest BCUT2D eigenvalue weighted by molar-refractivity contribution is -0.146. The second-order valence-corrected chi connectivity index (χ2v) is 16.4. The molecule has 4 rings (SSSR count). The Labute approximate surface area is 336 Å². The number of nitrogens with zero attached hydrogens (tertiary/aromatic N) is 1. The molecule has 0 radical (unpaired) electrons. The van der Waals surface area contributed by atoms with E-state index in [9.17, 15) is 30.0 Å². The molecule has 0 saturated heterocycles. The Bertz CT molecular complexity index is 1860. The molecule has 4 aromatic rings. The third-order valence-corrected chi connectivity index (χ3v) is 9.78. The van der Waals surface area contributed by atoms with Crippen LogP contribution in [0.4, 0.5) is 0 Å². The molecule has 0 unspecified atom stereocenters. The molecule has 7 N–H and O–H groups in total. The lowest BCUT2D eigenvalue weighted by Crippen LogP contribution is -2.36. The fourth-order valence-electron chi connectivity index (χ4n) is 4.13. The summed E-state index contributed by atoms with van der Waals surface area (Å²) in [5, 5.41) is 0. The number of carbonyl (C=O) groups is 1. The molecule has 0 spiro atoms. The van der Waals surface area contributed by atoms with Crippen LogP contribution in [0.3, 0.4) is 0 Å². The van der Waals surface area contributed by atoms with Gasteiger partial charge in [-0.1, -0.05) is 83.4 Å². The molecule has 0 saturated carbocycles. The highest BCUT2D eigenvalue weighted by molar-refractivity contribution is 7.86. The molecule has 0 aliphatic heterocycles. The highest BCUT2D eigenvalue weighted by Gasteiger charge is 2.13. The third kappa shape index (κ3) is 24.3. The largest absolute Gasteiger partial charge is 0.460 e. The summed E-state index contributed by atoms with van der Waals surface area (Å²) in [6, 6.07) is 27.6. The molecule has 0 amide bonds. The van der Waals surface area contributed by atoms with Gasteiger partial charge in [-0.3, -0.25) is 23.4 Å². The second-order valence-electron chi connectivity index (χ2n) is 12.1. The highest BCUT2D eigenvalue weighted by Crippen LogP contribution is 2.10. The van der Waals surface area contributed by atoms with Gasteiger partial charge in [0.25, 0.3) is 30.4 Å². The molecule has 0 bridgehead atoms. The highest BCUT2D eigenvalue weighted by atomic mass is 32.2. The number of hydrogen-bond donors (Lipinski definition) is 5. The van der Waals surface area contributed by atoms with E-state index in [0.717, 1.165) is 22.3 Å². The lowest BCUT2D eigenvalue weighted by Gasteiger charge is -2.21. The summed E-state index contributed by atoms with van der Waals surface area (Å²) >= 11 is 0. The molecular weight excluding hydrogens is 803 g/mol. The van der Waals surface area contributed by atoms with Crippen molar-refractivity contribution in [2.75, 3.05) is 59.2 Å². The van der Waals surface area contributed by atoms with E-state index in [-0.39, 0.29) is 33.8 Å². The zero-order valence-electron chi connectivity index (χ0n) is 32.1. The monoisotopic (exact) mass is 855 g/mol. The predicted molar refractivity (Wildman–Crippen MR) is 215 cm³/mol. The van der Waals surface area contributed by atoms with E-state index in [1.54, 1.807) is 36.4 Å². The van der Waals surface area contributed by atoms with Crippen LogP contribution in [0.5, 0.6) is 0 Å². The molecule has 316 valence electrons. The van der Waals surface area contributed by atoms with Gasteiger partial charge in [-0.05, 0) is 62.7 Å². The van der Waals surface area contributed by atoms with Crippen LogP contribution in [0.1, 0.15) is 22.3 Å². The Morgan fingerprint density at radius 3 is 1.18 bits per heavy atom. The summed E-state index contributed by atoms with van der Waals surface area (Å²) in [7, 11) is -12.1. The van der Waals surface area contributed by atoms with E-state index in [4.69, 9.17) is 39.3 Å². The van der Waals surface area contributed by atoms with E-state index in [1.807, 2.05) is 56.0 Å². The van der Waals surface area contributed by atoms with Gasteiger partial charge in [-0.25, -0.2) is 0 Å². The molecule has 19 heteroatoms. The summed E-state index contributed by atoms with van der Waals surface area (Å²) in [4.78, 5) is 13.8. The van der Waals surface area contributed by atoms with Gasteiger partial charge < -0.3 is 25.7 Å². The summed E-state index contributed by atoms with van der Waals surface area (Å²) in [5.74, 6) is -0.267. The van der Waals surface area contributed by atoms with Crippen LogP contribution in [0.25, 0.3) is 0 Å². The Kier molecular flexibility index (Phi) is 23.9. The lowest BCUT2D eigenvalue weighted by atomic mass is 10.2. The second kappa shape index (κ2) is 26.7. The summed E-state index contributed by atoms with van der Waals surface area (Å²) in [6.45, 7) is 10.3. The minimum atomic E-state index is -4.02. The first-order valence-corrected chi connectivity index (χ1v) is 21.7. The first-order valence-electron chi connectivity index (χ1n) is 17.4. The third-order valence-electron chi connectivity index (χ3n) is 7.18. The van der Waals surface area contributed by atoms with Crippen LogP contribution in [-0.4, -0.2) is 109 Å². The Morgan fingerprint density at radius 2 is 0.877 bits per heavy atom. The maximum Gasteiger partial charge on any atom is 0.320 e. The van der Waals surface area contributed by atoms with E-state index in [2.05, 4.69) is 0 Å². The number of nitrogens with two attached hydrogens (primary N) is 2. The van der Waals surface area contributed by atoms with Crippen LogP contribution < -0.4 is 11.5 Å². The quantitative estimate of drug-likeness (QED) is 0.0576. The molecule has 0 atom stereocenters. The van der Waals surface area contributed by atoms with E-state index in [0.29, 0.717) is 52.6 Å². The minimum Gasteiger partial charge on any atom is -0.460 e. The van der Waals surface area contributed by atoms with Crippen molar-refractivity contribution in [2.24, 2.45) is 11.5 Å². The molecule has 0 aliphatic rings. The molecule has 0 heterocycles. The van der Waals surface area contributed by atoms with Crippen molar-refractivity contribution in [3.8, 4) is 0 Å². The van der Waals surface area contributed by atoms with Crippen molar-refractivity contribution >= 4 is 36.3 Å². The zero-order chi connectivity index (χ0) is 42.9. The standard InChI is InChI=1S/C17H29N3O4.3C7H8O3S/c18-6-10-22-12-8-20(9-13-23-11-7-19)14-17(21)24-15-16-4-2-1-3-5-16;3*1-6-2-4-7(5-3-6)11(8,9)10/h1-5H,6-15,18-19H2;3*2-5H,1H3,(H,8,9,10). The van der Waals surface area contributed by atoms with E-state index in [1.165, 1.54) is 36.4 Å². The van der Waals surface area contributed by atoms with Crippen molar-refractivity contribution < 1.29 is 57.9 Å². The number of carbonyl (C=O) groups excluding carboxylic acids is 1. The fraction of sp³-hybridized carbons (Fsp3) is 0.342. The number of aryl methyl sites for hydroxylation is 3. The summed E-state index contributed by atoms with van der Waals surface area (Å²) in [6.07, 6.45) is 0. The van der Waals surface area contributed by atoms with E-state index >= 15 is 0 Å². The van der Waals surface area contributed by atoms with Crippen LogP contribution in [-0.2, 0) is 56.0 Å². The van der Waals surface area contributed by atoms with Crippen molar-refractivity contribution in [2.45, 2.75) is 42.1 Å². The molecule has 4 aromatic carbocycles. The fourth-order valence-corrected chi connectivity index (χ4v) is 5.57. The molecular formula is C38H53N3O13S3. The Balaban J connectivity index is 0.000000412. The van der Waals surface area contributed by atoms with Gasteiger partial charge >= 0.3 is 5.97 Å². The van der Waals surface area contributed by atoms with Crippen LogP contribution in [0.15, 0.2) is 118 Å². The number of hydrogen-bond acceptors (Lipinski definition) is 13. The molecule has 0 aliphatic carbocycles. The average Bonchev–Trinajstić information content (AvgIpc) is 3.15. The first-order chi connectivity index (χ1) is 26.8. The minimum absolute atomic E-state index is 0.0666. The number of ether oxygens (including phenoxy) is 3. The Morgan fingerprint density at radius 1 is 0.544 bits per heavy atom. The van der Waals surface area contributed by atoms with Gasteiger partial charge in [-0.15, -0.1) is 0 Å². The number of esters is 1. The molecule has 0 aromatic heterocycles. The van der Waals surface area contributed by atoms with Crippen LogP contribution in [0.2, 0.25) is 0 Å². The SMILES string of the molecule is Cc1ccc(S(=O)(=O)O)cc1.Cc1ccc(S(=O)(=O)O)cc1.Cc1ccc(S(=O)(=O)O)cc1.NCCOCCN(CCOCCN)CC(=O)OCc1ccccc1. The normalized spacial score (nSPS) is 11.2. The first kappa shape index (κ1) is 50.9. The molecule has 0 fully saturated rings. The molecule has 57 heavy (non-hydrogen) atoms. The average molecular weight is 856 g/mol. The van der Waals surface area contributed by atoms with Crippen molar-refractivity contribution in [1.82, 2.24) is 4.90 Å². The summed E-state index contributed by atoms with van der Waals surface area (Å²) < 4.78 is 105. The smallest absolute Gasteiger partial charge is 0.320 e. The summed E-state index contributed by atoms with van der Waals surface area (Å²) in [5.41, 5.74) is 14.6. The van der Waals surface area contributed by atoms with Gasteiger partial charge in [0.15, 0.2) is 0 Å². The van der Waals surface area contributed by atoms with Gasteiger partial charge in [0.1, 0.15) is 6.61 Å². The van der Waals surface area contributed by atoms with Crippen molar-refractivity contribution in [3.63, 3.8) is 0 Å². The Hall–Kier alpha value is -4.12. The van der Waals surface area contributed by atoms with Crippen molar-refractivity contribution in [1.29, 1.82) is 0 Å². The van der Waals surface area contributed by atoms with Crippen molar-refractivity contribution in [3.05, 3.63) is 125 Å². The van der Waals surface area contributed by atoms with Gasteiger partial charge in [0, 0.05) is 26.2 Å². The predicted octanol–water partition coefficient (Wildman–Crippen LogP) is 3.71. The zero-order valence-corrected chi connectivity index (χ0v) is 34.6. The van der Waals surface area contributed by atoms with Crippen LogP contribution >= 0.6 is 0 Å². The maximum absolute atomic E-state index is 12.0.